The Bertz CT molecular complexity index is 759. The highest BCUT2D eigenvalue weighted by molar-refractivity contribution is 6.31. The lowest BCUT2D eigenvalue weighted by Gasteiger charge is -2.26. The summed E-state index contributed by atoms with van der Waals surface area (Å²) in [6.07, 6.45) is 2.34. The molecule has 1 saturated carbocycles. The van der Waals surface area contributed by atoms with Gasteiger partial charge in [-0.3, -0.25) is 4.79 Å². The molecule has 1 aromatic heterocycles. The lowest BCUT2D eigenvalue weighted by Crippen LogP contribution is -2.47. The fourth-order valence-corrected chi connectivity index (χ4v) is 3.53. The minimum Gasteiger partial charge on any atom is -0.493 e. The summed E-state index contributed by atoms with van der Waals surface area (Å²) in [6.45, 7) is 0. The Kier molecular flexibility index (Phi) is 5.51. The molecule has 0 spiro atoms. The SMILES string of the molecule is COc1cc(Cl)cc2cc(C(=O)N[C@@H]3CCCC[C@@H](OC)[C@@H]3O)oc12. The molecule has 1 heterocycles. The van der Waals surface area contributed by atoms with E-state index in [9.17, 15) is 9.90 Å². The predicted octanol–water partition coefficient (Wildman–Crippen LogP) is 3.14. The molecular formula is C18H22ClNO5. The summed E-state index contributed by atoms with van der Waals surface area (Å²) in [6, 6.07) is 4.59. The molecule has 25 heavy (non-hydrogen) atoms. The number of furan rings is 1. The van der Waals surface area contributed by atoms with E-state index in [4.69, 9.17) is 25.5 Å². The molecule has 136 valence electrons. The number of amides is 1. The van der Waals surface area contributed by atoms with E-state index in [-0.39, 0.29) is 23.8 Å². The van der Waals surface area contributed by atoms with Crippen molar-refractivity contribution >= 4 is 28.5 Å². The first-order valence-corrected chi connectivity index (χ1v) is 8.70. The second-order valence-corrected chi connectivity index (χ2v) is 6.70. The lowest BCUT2D eigenvalue weighted by atomic mass is 10.0. The summed E-state index contributed by atoms with van der Waals surface area (Å²) >= 11 is 6.05. The van der Waals surface area contributed by atoms with Crippen molar-refractivity contribution < 1.29 is 23.8 Å². The number of carbonyl (C=O) groups is 1. The van der Waals surface area contributed by atoms with Gasteiger partial charge in [-0.25, -0.2) is 0 Å². The third-order valence-corrected chi connectivity index (χ3v) is 4.88. The van der Waals surface area contributed by atoms with E-state index < -0.39 is 6.10 Å². The minimum absolute atomic E-state index is 0.154. The summed E-state index contributed by atoms with van der Waals surface area (Å²) in [5.41, 5.74) is 0.466. The average Bonchev–Trinajstić information content (AvgIpc) is 2.95. The van der Waals surface area contributed by atoms with Gasteiger partial charge in [-0.15, -0.1) is 0 Å². The number of nitrogens with one attached hydrogen (secondary N) is 1. The molecule has 2 N–H and O–H groups in total. The fourth-order valence-electron chi connectivity index (χ4n) is 3.31. The molecule has 3 atom stereocenters. The normalized spacial score (nSPS) is 24.1. The van der Waals surface area contributed by atoms with Crippen LogP contribution in [0.4, 0.5) is 0 Å². The van der Waals surface area contributed by atoms with Gasteiger partial charge in [-0.05, 0) is 25.0 Å². The van der Waals surface area contributed by atoms with Crippen LogP contribution in [0.5, 0.6) is 5.75 Å². The second-order valence-electron chi connectivity index (χ2n) is 6.27. The molecule has 1 amide bonds. The summed E-state index contributed by atoms with van der Waals surface area (Å²) in [4.78, 5) is 12.6. The topological polar surface area (TPSA) is 80.9 Å². The molecule has 3 rings (SSSR count). The maximum atomic E-state index is 12.6. The van der Waals surface area contributed by atoms with Gasteiger partial charge in [0.05, 0.1) is 19.3 Å². The number of ether oxygens (including phenoxy) is 2. The molecule has 0 unspecified atom stereocenters. The van der Waals surface area contributed by atoms with E-state index in [1.807, 2.05) is 0 Å². The number of hydrogen-bond acceptors (Lipinski definition) is 5. The Balaban J connectivity index is 1.82. The van der Waals surface area contributed by atoms with Crippen molar-refractivity contribution in [2.75, 3.05) is 14.2 Å². The molecule has 2 aromatic rings. The van der Waals surface area contributed by atoms with Crippen molar-refractivity contribution in [3.05, 3.63) is 29.0 Å². The van der Waals surface area contributed by atoms with Gasteiger partial charge in [-0.1, -0.05) is 24.4 Å². The van der Waals surface area contributed by atoms with Crippen molar-refractivity contribution in [1.29, 1.82) is 0 Å². The third kappa shape index (κ3) is 3.76. The maximum absolute atomic E-state index is 12.6. The van der Waals surface area contributed by atoms with E-state index in [2.05, 4.69) is 5.32 Å². The van der Waals surface area contributed by atoms with Crippen LogP contribution in [0.15, 0.2) is 22.6 Å². The summed E-state index contributed by atoms with van der Waals surface area (Å²) in [5, 5.41) is 14.5. The Morgan fingerprint density at radius 2 is 2.04 bits per heavy atom. The third-order valence-electron chi connectivity index (χ3n) is 4.66. The highest BCUT2D eigenvalue weighted by Crippen LogP contribution is 2.32. The quantitative estimate of drug-likeness (QED) is 0.811. The van der Waals surface area contributed by atoms with E-state index in [0.29, 0.717) is 28.2 Å². The van der Waals surface area contributed by atoms with Crippen LogP contribution in [0, 0.1) is 0 Å². The van der Waals surface area contributed by atoms with Crippen LogP contribution in [-0.4, -0.2) is 43.5 Å². The van der Waals surface area contributed by atoms with Crippen LogP contribution in [0.3, 0.4) is 0 Å². The molecule has 0 radical (unpaired) electrons. The smallest absolute Gasteiger partial charge is 0.287 e. The monoisotopic (exact) mass is 367 g/mol. The van der Waals surface area contributed by atoms with Crippen molar-refractivity contribution in [2.24, 2.45) is 0 Å². The van der Waals surface area contributed by atoms with Gasteiger partial charge in [-0.2, -0.15) is 0 Å². The van der Waals surface area contributed by atoms with E-state index in [1.54, 1.807) is 25.3 Å². The number of methoxy groups -OCH3 is 2. The maximum Gasteiger partial charge on any atom is 0.287 e. The number of fused-ring (bicyclic) bond motifs is 1. The van der Waals surface area contributed by atoms with Gasteiger partial charge in [0.2, 0.25) is 0 Å². The number of halogens is 1. The fraction of sp³-hybridized carbons (Fsp3) is 0.500. The highest BCUT2D eigenvalue weighted by Gasteiger charge is 2.32. The van der Waals surface area contributed by atoms with E-state index >= 15 is 0 Å². The van der Waals surface area contributed by atoms with Crippen molar-refractivity contribution in [1.82, 2.24) is 5.32 Å². The number of carbonyl (C=O) groups excluding carboxylic acids is 1. The largest absolute Gasteiger partial charge is 0.493 e. The summed E-state index contributed by atoms with van der Waals surface area (Å²) < 4.78 is 16.2. The first-order valence-electron chi connectivity index (χ1n) is 8.32. The van der Waals surface area contributed by atoms with Gasteiger partial charge >= 0.3 is 0 Å². The Labute approximate surface area is 151 Å². The number of aliphatic hydroxyl groups is 1. The number of hydrogen-bond donors (Lipinski definition) is 2. The number of benzene rings is 1. The Morgan fingerprint density at radius 1 is 1.28 bits per heavy atom. The van der Waals surface area contributed by atoms with Crippen LogP contribution in [0.25, 0.3) is 11.0 Å². The molecule has 0 saturated heterocycles. The Morgan fingerprint density at radius 3 is 2.76 bits per heavy atom. The van der Waals surface area contributed by atoms with Crippen molar-refractivity contribution in [2.45, 2.75) is 43.9 Å². The van der Waals surface area contributed by atoms with Crippen LogP contribution in [-0.2, 0) is 4.74 Å². The zero-order valence-electron chi connectivity index (χ0n) is 14.3. The van der Waals surface area contributed by atoms with Gasteiger partial charge in [0.25, 0.3) is 5.91 Å². The molecular weight excluding hydrogens is 346 g/mol. The first-order chi connectivity index (χ1) is 12.0. The van der Waals surface area contributed by atoms with E-state index in [0.717, 1.165) is 19.3 Å². The first kappa shape index (κ1) is 18.0. The van der Waals surface area contributed by atoms with Gasteiger partial charge in [0.15, 0.2) is 17.1 Å². The summed E-state index contributed by atoms with van der Waals surface area (Å²) in [7, 11) is 3.09. The van der Waals surface area contributed by atoms with Gasteiger partial charge in [0.1, 0.15) is 6.10 Å². The molecule has 7 heteroatoms. The lowest BCUT2D eigenvalue weighted by molar-refractivity contribution is -0.0278. The number of aliphatic hydroxyl groups excluding tert-OH is 1. The zero-order chi connectivity index (χ0) is 18.0. The van der Waals surface area contributed by atoms with Crippen LogP contribution in [0.1, 0.15) is 36.2 Å². The number of rotatable bonds is 4. The highest BCUT2D eigenvalue weighted by atomic mass is 35.5. The molecule has 1 aliphatic rings. The van der Waals surface area contributed by atoms with Crippen LogP contribution >= 0.6 is 11.6 Å². The average molecular weight is 368 g/mol. The van der Waals surface area contributed by atoms with Gasteiger partial charge < -0.3 is 24.3 Å². The molecule has 1 aliphatic carbocycles. The Hall–Kier alpha value is -1.76. The predicted molar refractivity (Wildman–Crippen MR) is 94.3 cm³/mol. The zero-order valence-corrected chi connectivity index (χ0v) is 15.0. The van der Waals surface area contributed by atoms with Crippen LogP contribution in [0.2, 0.25) is 5.02 Å². The van der Waals surface area contributed by atoms with E-state index in [1.165, 1.54) is 7.11 Å². The van der Waals surface area contributed by atoms with Crippen molar-refractivity contribution in [3.8, 4) is 5.75 Å². The standard InChI is InChI=1S/C18H22ClNO5/c1-23-13-6-4-3-5-12(16(13)21)20-18(22)15-8-10-7-11(19)9-14(24-2)17(10)25-15/h7-9,12-13,16,21H,3-6H2,1-2H3,(H,20,22)/t12-,13-,16-/m1/s1. The summed E-state index contributed by atoms with van der Waals surface area (Å²) in [5.74, 6) is 0.242. The molecule has 1 fully saturated rings. The molecule has 0 bridgehead atoms. The minimum atomic E-state index is -0.746. The van der Waals surface area contributed by atoms with Crippen LogP contribution < -0.4 is 10.1 Å². The second kappa shape index (κ2) is 7.64. The molecule has 1 aromatic carbocycles. The molecule has 6 nitrogen and oxygen atoms in total. The molecule has 0 aliphatic heterocycles. The van der Waals surface area contributed by atoms with Gasteiger partial charge in [0, 0.05) is 23.6 Å². The van der Waals surface area contributed by atoms with Crippen molar-refractivity contribution in [3.63, 3.8) is 0 Å².